The Balaban J connectivity index is 1.78. The second kappa shape index (κ2) is 8.12. The second-order valence-electron chi connectivity index (χ2n) is 6.34. The molecule has 1 heterocycles. The molecule has 1 aliphatic heterocycles. The number of para-hydroxylation sites is 2. The Hall–Kier alpha value is -3.02. The molecule has 6 nitrogen and oxygen atoms in total. The fourth-order valence-corrected chi connectivity index (χ4v) is 3.47. The highest BCUT2D eigenvalue weighted by Crippen LogP contribution is 2.33. The van der Waals surface area contributed by atoms with Crippen LogP contribution < -0.4 is 19.7 Å². The minimum atomic E-state index is -0.536. The lowest BCUT2D eigenvalue weighted by molar-refractivity contribution is -0.126. The van der Waals surface area contributed by atoms with E-state index in [1.807, 2.05) is 36.4 Å². The van der Waals surface area contributed by atoms with Crippen LogP contribution in [-0.4, -0.2) is 32.1 Å². The van der Waals surface area contributed by atoms with Crippen molar-refractivity contribution in [2.75, 3.05) is 19.1 Å². The Morgan fingerprint density at radius 1 is 1.11 bits per heavy atom. The molecule has 6 heteroatoms. The summed E-state index contributed by atoms with van der Waals surface area (Å²) >= 11 is 0. The molecular formula is C21H24N2O4. The Morgan fingerprint density at radius 3 is 2.59 bits per heavy atom. The number of hydrogen-bond acceptors (Lipinski definition) is 4. The predicted octanol–water partition coefficient (Wildman–Crippen LogP) is 2.69. The quantitative estimate of drug-likeness (QED) is 0.851. The van der Waals surface area contributed by atoms with Crippen molar-refractivity contribution < 1.29 is 19.1 Å². The van der Waals surface area contributed by atoms with Crippen molar-refractivity contribution in [2.24, 2.45) is 0 Å². The van der Waals surface area contributed by atoms with Gasteiger partial charge >= 0.3 is 0 Å². The summed E-state index contributed by atoms with van der Waals surface area (Å²) in [5.41, 5.74) is 2.65. The van der Waals surface area contributed by atoms with E-state index in [0.29, 0.717) is 30.9 Å². The Bertz CT molecular complexity index is 850. The van der Waals surface area contributed by atoms with Crippen molar-refractivity contribution in [1.82, 2.24) is 5.32 Å². The maximum absolute atomic E-state index is 12.9. The number of carbonyl (C=O) groups excluding carboxylic acids is 2. The third-order valence-electron chi connectivity index (χ3n) is 4.79. The minimum Gasteiger partial charge on any atom is -0.493 e. The summed E-state index contributed by atoms with van der Waals surface area (Å²) in [7, 11) is 3.14. The lowest BCUT2D eigenvalue weighted by Crippen LogP contribution is -2.47. The Labute approximate surface area is 159 Å². The maximum Gasteiger partial charge on any atom is 0.243 e. The van der Waals surface area contributed by atoms with Gasteiger partial charge in [-0.2, -0.15) is 0 Å². The van der Waals surface area contributed by atoms with E-state index < -0.39 is 6.04 Å². The number of methoxy groups -OCH3 is 2. The summed E-state index contributed by atoms with van der Waals surface area (Å²) in [4.78, 5) is 27.0. The molecule has 0 unspecified atom stereocenters. The minimum absolute atomic E-state index is 0.0564. The second-order valence-corrected chi connectivity index (χ2v) is 6.34. The van der Waals surface area contributed by atoms with Crippen molar-refractivity contribution >= 4 is 17.5 Å². The predicted molar refractivity (Wildman–Crippen MR) is 103 cm³/mol. The number of nitrogens with one attached hydrogen (secondary N) is 1. The van der Waals surface area contributed by atoms with Gasteiger partial charge < -0.3 is 14.8 Å². The molecular weight excluding hydrogens is 344 g/mol. The first-order chi connectivity index (χ1) is 13.1. The van der Waals surface area contributed by atoms with Crippen LogP contribution in [0.3, 0.4) is 0 Å². The molecule has 0 aromatic heterocycles. The summed E-state index contributed by atoms with van der Waals surface area (Å²) in [6.45, 7) is 2.10. The summed E-state index contributed by atoms with van der Waals surface area (Å²) in [6.07, 6.45) is 0.866. The molecule has 1 N–H and O–H groups in total. The first-order valence-electron chi connectivity index (χ1n) is 8.98. The first-order valence-corrected chi connectivity index (χ1v) is 8.98. The van der Waals surface area contributed by atoms with Gasteiger partial charge in [-0.3, -0.25) is 14.5 Å². The molecule has 142 valence electrons. The maximum atomic E-state index is 12.9. The van der Waals surface area contributed by atoms with Crippen LogP contribution >= 0.6 is 0 Å². The number of benzene rings is 2. The number of ether oxygens (including phenoxy) is 2. The zero-order valence-corrected chi connectivity index (χ0v) is 15.8. The highest BCUT2D eigenvalue weighted by atomic mass is 16.5. The van der Waals surface area contributed by atoms with Gasteiger partial charge in [0.25, 0.3) is 0 Å². The van der Waals surface area contributed by atoms with Crippen LogP contribution in [0.15, 0.2) is 42.5 Å². The van der Waals surface area contributed by atoms with Crippen LogP contribution in [0.25, 0.3) is 0 Å². The number of rotatable bonds is 6. The lowest BCUT2D eigenvalue weighted by atomic mass is 10.1. The van der Waals surface area contributed by atoms with Gasteiger partial charge in [0.1, 0.15) is 6.04 Å². The van der Waals surface area contributed by atoms with Gasteiger partial charge in [-0.25, -0.2) is 0 Å². The number of nitrogens with zero attached hydrogens (tertiary/aromatic N) is 1. The average Bonchev–Trinajstić information content (AvgIpc) is 3.10. The normalized spacial score (nSPS) is 15.2. The molecule has 0 radical (unpaired) electrons. The number of carbonyl (C=O) groups is 2. The number of anilines is 1. The van der Waals surface area contributed by atoms with E-state index in [1.165, 1.54) is 0 Å². The third-order valence-corrected chi connectivity index (χ3v) is 4.79. The average molecular weight is 368 g/mol. The monoisotopic (exact) mass is 368 g/mol. The molecule has 1 atom stereocenters. The zero-order valence-electron chi connectivity index (χ0n) is 15.8. The molecule has 0 aliphatic carbocycles. The van der Waals surface area contributed by atoms with Gasteiger partial charge in [-0.1, -0.05) is 37.3 Å². The van der Waals surface area contributed by atoms with Gasteiger partial charge in [0.15, 0.2) is 11.5 Å². The summed E-state index contributed by atoms with van der Waals surface area (Å²) < 4.78 is 10.7. The fourth-order valence-electron chi connectivity index (χ4n) is 3.47. The number of fused-ring (bicyclic) bond motifs is 1. The molecule has 27 heavy (non-hydrogen) atoms. The van der Waals surface area contributed by atoms with Crippen molar-refractivity contribution in [3.63, 3.8) is 0 Å². The van der Waals surface area contributed by atoms with Crippen molar-refractivity contribution in [1.29, 1.82) is 0 Å². The van der Waals surface area contributed by atoms with Crippen molar-refractivity contribution in [3.05, 3.63) is 53.6 Å². The van der Waals surface area contributed by atoms with E-state index >= 15 is 0 Å². The van der Waals surface area contributed by atoms with Crippen LogP contribution in [0.2, 0.25) is 0 Å². The molecule has 0 saturated heterocycles. The Kier molecular flexibility index (Phi) is 5.64. The molecule has 0 fully saturated rings. The molecule has 3 rings (SSSR count). The fraction of sp³-hybridized carbons (Fsp3) is 0.333. The SMILES string of the molecule is CCC(=O)N1c2ccccc2C[C@H]1C(=O)NCc1cccc(OC)c1OC. The topological polar surface area (TPSA) is 67.9 Å². The van der Waals surface area contributed by atoms with Gasteiger partial charge in [0, 0.05) is 30.6 Å². The van der Waals surface area contributed by atoms with E-state index in [2.05, 4.69) is 5.32 Å². The van der Waals surface area contributed by atoms with Crippen molar-refractivity contribution in [2.45, 2.75) is 32.4 Å². The van der Waals surface area contributed by atoms with Crippen LogP contribution in [0, 0.1) is 0 Å². The van der Waals surface area contributed by atoms with Crippen LogP contribution in [0.4, 0.5) is 5.69 Å². The summed E-state index contributed by atoms with van der Waals surface area (Å²) in [5, 5.41) is 2.94. The van der Waals surface area contributed by atoms with Gasteiger partial charge in [-0.05, 0) is 17.7 Å². The molecule has 1 aliphatic rings. The van der Waals surface area contributed by atoms with Gasteiger partial charge in [0.05, 0.1) is 14.2 Å². The Morgan fingerprint density at radius 2 is 1.89 bits per heavy atom. The highest BCUT2D eigenvalue weighted by molar-refractivity contribution is 6.03. The van der Waals surface area contributed by atoms with E-state index in [1.54, 1.807) is 32.1 Å². The zero-order chi connectivity index (χ0) is 19.4. The standard InChI is InChI=1S/C21H24N2O4/c1-4-19(24)23-16-10-6-5-8-14(16)12-17(23)21(25)22-13-15-9-7-11-18(26-2)20(15)27-3/h5-11,17H,4,12-13H2,1-3H3,(H,22,25)/t17-/m0/s1. The summed E-state index contributed by atoms with van der Waals surface area (Å²) in [6, 6.07) is 12.7. The smallest absolute Gasteiger partial charge is 0.243 e. The molecule has 2 amide bonds. The molecule has 0 bridgehead atoms. The molecule has 2 aromatic carbocycles. The van der Waals surface area contributed by atoms with Crippen LogP contribution in [0.1, 0.15) is 24.5 Å². The largest absolute Gasteiger partial charge is 0.493 e. The highest BCUT2D eigenvalue weighted by Gasteiger charge is 2.37. The van der Waals surface area contributed by atoms with E-state index in [9.17, 15) is 9.59 Å². The number of amides is 2. The lowest BCUT2D eigenvalue weighted by Gasteiger charge is -2.24. The molecule has 2 aromatic rings. The van der Waals surface area contributed by atoms with Gasteiger partial charge in [0.2, 0.25) is 11.8 Å². The van der Waals surface area contributed by atoms with E-state index in [0.717, 1.165) is 16.8 Å². The summed E-state index contributed by atoms with van der Waals surface area (Å²) in [5.74, 6) is 0.966. The van der Waals surface area contributed by atoms with E-state index in [-0.39, 0.29) is 11.8 Å². The van der Waals surface area contributed by atoms with Crippen molar-refractivity contribution in [3.8, 4) is 11.5 Å². The van der Waals surface area contributed by atoms with Crippen LogP contribution in [0.5, 0.6) is 11.5 Å². The first kappa shape index (κ1) is 18.8. The van der Waals surface area contributed by atoms with Crippen LogP contribution in [-0.2, 0) is 22.6 Å². The molecule has 0 saturated carbocycles. The molecule has 0 spiro atoms. The number of hydrogen-bond donors (Lipinski definition) is 1. The van der Waals surface area contributed by atoms with Gasteiger partial charge in [-0.15, -0.1) is 0 Å². The third kappa shape index (κ3) is 3.60. The van der Waals surface area contributed by atoms with E-state index in [4.69, 9.17) is 9.47 Å².